The first kappa shape index (κ1) is 18.4. The quantitative estimate of drug-likeness (QED) is 0.401. The molecule has 0 spiro atoms. The minimum Gasteiger partial charge on any atom is -0.370 e. The highest BCUT2D eigenvalue weighted by atomic mass is 35.5. The van der Waals surface area contributed by atoms with Crippen molar-refractivity contribution in [2.24, 2.45) is 16.5 Å². The van der Waals surface area contributed by atoms with Gasteiger partial charge in [0.25, 0.3) is 16.0 Å². The molecule has 7 nitrogen and oxygen atoms in total. The van der Waals surface area contributed by atoms with Crippen LogP contribution in [-0.2, 0) is 10.1 Å². The molecule has 1 amide bonds. The molecule has 1 heterocycles. The normalized spacial score (nSPS) is 10.7. The van der Waals surface area contributed by atoms with E-state index in [0.717, 1.165) is 15.6 Å². The SMILES string of the molecule is CS(=O)(=O)O.Cc1ccc2sc(C(=O)N=C(N)N)cc2c1Cl. The summed E-state index contributed by atoms with van der Waals surface area (Å²) in [6.45, 7) is 1.91. The van der Waals surface area contributed by atoms with Gasteiger partial charge in [-0.3, -0.25) is 9.35 Å². The summed E-state index contributed by atoms with van der Waals surface area (Å²) in [6.07, 6.45) is 0.715. The number of nitrogens with zero attached hydrogens (tertiary/aromatic N) is 1. The van der Waals surface area contributed by atoms with Crippen LogP contribution in [0.5, 0.6) is 0 Å². The number of aryl methyl sites for hydroxylation is 1. The third-order valence-electron chi connectivity index (χ3n) is 2.27. The van der Waals surface area contributed by atoms with Crippen molar-refractivity contribution in [3.8, 4) is 0 Å². The number of fused-ring (bicyclic) bond motifs is 1. The number of halogens is 1. The molecular weight excluding hydrogens is 350 g/mol. The Hall–Kier alpha value is -1.68. The number of hydrogen-bond donors (Lipinski definition) is 3. The number of hydrogen-bond acceptors (Lipinski definition) is 4. The molecule has 10 heteroatoms. The van der Waals surface area contributed by atoms with Crippen molar-refractivity contribution in [1.29, 1.82) is 0 Å². The van der Waals surface area contributed by atoms with Crippen molar-refractivity contribution >= 4 is 55.0 Å². The Bertz CT molecular complexity index is 831. The number of rotatable bonds is 1. The van der Waals surface area contributed by atoms with Gasteiger partial charge in [0.1, 0.15) is 0 Å². The van der Waals surface area contributed by atoms with Crippen molar-refractivity contribution in [2.75, 3.05) is 6.26 Å². The van der Waals surface area contributed by atoms with E-state index in [4.69, 9.17) is 27.6 Å². The number of aliphatic imine (C=N–C) groups is 1. The maximum absolute atomic E-state index is 11.6. The van der Waals surface area contributed by atoms with Crippen molar-refractivity contribution in [2.45, 2.75) is 6.92 Å². The Balaban J connectivity index is 0.000000422. The van der Waals surface area contributed by atoms with E-state index < -0.39 is 16.0 Å². The van der Waals surface area contributed by atoms with Gasteiger partial charge in [0, 0.05) is 10.1 Å². The predicted octanol–water partition coefficient (Wildman–Crippen LogP) is 1.78. The van der Waals surface area contributed by atoms with Crippen LogP contribution in [0.25, 0.3) is 10.1 Å². The second-order valence-corrected chi connectivity index (χ2v) is 7.22. The maximum Gasteiger partial charge on any atom is 0.290 e. The van der Waals surface area contributed by atoms with Crippen LogP contribution in [0.3, 0.4) is 0 Å². The minimum atomic E-state index is -3.67. The first-order chi connectivity index (χ1) is 9.99. The van der Waals surface area contributed by atoms with E-state index in [-0.39, 0.29) is 5.96 Å². The van der Waals surface area contributed by atoms with Gasteiger partial charge in [-0.25, -0.2) is 0 Å². The summed E-state index contributed by atoms with van der Waals surface area (Å²) < 4.78 is 26.8. The van der Waals surface area contributed by atoms with Crippen LogP contribution in [-0.4, -0.2) is 31.1 Å². The average Bonchev–Trinajstić information content (AvgIpc) is 2.76. The second kappa shape index (κ2) is 7.05. The van der Waals surface area contributed by atoms with Gasteiger partial charge in [0.2, 0.25) is 0 Å². The largest absolute Gasteiger partial charge is 0.370 e. The number of benzene rings is 1. The smallest absolute Gasteiger partial charge is 0.290 e. The van der Waals surface area contributed by atoms with E-state index in [2.05, 4.69) is 4.99 Å². The Labute approximate surface area is 136 Å². The fraction of sp³-hybridized carbons (Fsp3) is 0.167. The van der Waals surface area contributed by atoms with Crippen LogP contribution in [0.1, 0.15) is 15.2 Å². The fourth-order valence-corrected chi connectivity index (χ4v) is 2.69. The molecular formula is C12H14ClN3O4S2. The Morgan fingerprint density at radius 1 is 1.36 bits per heavy atom. The zero-order valence-corrected chi connectivity index (χ0v) is 14.1. The molecule has 120 valence electrons. The van der Waals surface area contributed by atoms with E-state index in [1.54, 1.807) is 6.07 Å². The first-order valence-corrected chi connectivity index (χ1v) is 8.78. The molecule has 0 aliphatic carbocycles. The van der Waals surface area contributed by atoms with Gasteiger partial charge in [0.15, 0.2) is 5.96 Å². The van der Waals surface area contributed by atoms with Crippen molar-refractivity contribution in [3.05, 3.63) is 33.7 Å². The molecule has 0 atom stereocenters. The molecule has 5 N–H and O–H groups in total. The Kier molecular flexibility index (Phi) is 5.89. The predicted molar refractivity (Wildman–Crippen MR) is 89.2 cm³/mol. The van der Waals surface area contributed by atoms with Crippen LogP contribution in [0.15, 0.2) is 23.2 Å². The highest BCUT2D eigenvalue weighted by Crippen LogP contribution is 2.33. The zero-order valence-electron chi connectivity index (χ0n) is 11.7. The number of carbonyl (C=O) groups is 1. The third kappa shape index (κ3) is 5.60. The number of thiophene rings is 1. The van der Waals surface area contributed by atoms with Crippen molar-refractivity contribution in [1.82, 2.24) is 0 Å². The molecule has 22 heavy (non-hydrogen) atoms. The number of nitrogens with two attached hydrogens (primary N) is 2. The van der Waals surface area contributed by atoms with Crippen LogP contribution in [0, 0.1) is 6.92 Å². The van der Waals surface area contributed by atoms with Crippen LogP contribution < -0.4 is 11.5 Å². The topological polar surface area (TPSA) is 136 Å². The number of amides is 1. The van der Waals surface area contributed by atoms with E-state index in [9.17, 15) is 13.2 Å². The van der Waals surface area contributed by atoms with Gasteiger partial charge in [0.05, 0.1) is 16.2 Å². The molecule has 1 aromatic heterocycles. The summed E-state index contributed by atoms with van der Waals surface area (Å²) >= 11 is 7.48. The molecule has 0 aliphatic rings. The average molecular weight is 364 g/mol. The lowest BCUT2D eigenvalue weighted by atomic mass is 10.2. The summed E-state index contributed by atoms with van der Waals surface area (Å²) in [7, 11) is -3.67. The highest BCUT2D eigenvalue weighted by molar-refractivity contribution is 7.85. The van der Waals surface area contributed by atoms with Gasteiger partial charge in [-0.2, -0.15) is 13.4 Å². The second-order valence-electron chi connectivity index (χ2n) is 4.29. The molecule has 2 rings (SSSR count). The molecule has 0 fully saturated rings. The van der Waals surface area contributed by atoms with Gasteiger partial charge >= 0.3 is 0 Å². The van der Waals surface area contributed by atoms with E-state index in [0.29, 0.717) is 16.2 Å². The molecule has 1 aromatic carbocycles. The Morgan fingerprint density at radius 2 is 1.91 bits per heavy atom. The van der Waals surface area contributed by atoms with E-state index in [1.807, 2.05) is 19.1 Å². The maximum atomic E-state index is 11.6. The third-order valence-corrected chi connectivity index (χ3v) is 3.86. The lowest BCUT2D eigenvalue weighted by molar-refractivity contribution is 0.101. The molecule has 0 unspecified atom stereocenters. The molecule has 0 radical (unpaired) electrons. The van der Waals surface area contributed by atoms with Crippen LogP contribution >= 0.6 is 22.9 Å². The highest BCUT2D eigenvalue weighted by Gasteiger charge is 2.12. The van der Waals surface area contributed by atoms with Gasteiger partial charge in [-0.1, -0.05) is 17.7 Å². The minimum absolute atomic E-state index is 0.241. The fourth-order valence-electron chi connectivity index (χ4n) is 1.46. The molecule has 0 saturated carbocycles. The first-order valence-electron chi connectivity index (χ1n) is 5.74. The number of guanidine groups is 1. The van der Waals surface area contributed by atoms with Crippen molar-refractivity contribution in [3.63, 3.8) is 0 Å². The molecule has 0 saturated heterocycles. The summed E-state index contributed by atoms with van der Waals surface area (Å²) in [5.41, 5.74) is 11.3. The monoisotopic (exact) mass is 363 g/mol. The summed E-state index contributed by atoms with van der Waals surface area (Å²) in [5.74, 6) is -0.686. The Morgan fingerprint density at radius 3 is 2.41 bits per heavy atom. The molecule has 0 aliphatic heterocycles. The number of carbonyl (C=O) groups excluding carboxylic acids is 1. The molecule has 0 bridgehead atoms. The lowest BCUT2D eigenvalue weighted by Crippen LogP contribution is -2.24. The van der Waals surface area contributed by atoms with Gasteiger partial charge < -0.3 is 11.5 Å². The summed E-state index contributed by atoms with van der Waals surface area (Å²) in [4.78, 5) is 15.6. The van der Waals surface area contributed by atoms with Gasteiger partial charge in [-0.15, -0.1) is 11.3 Å². The standard InChI is InChI=1S/C11H10ClN3OS.CH4O3S/c1-5-2-3-7-6(9(5)12)4-8(17-7)10(16)15-11(13)14;1-5(2,3)4/h2-4H,1H3,(H4,13,14,15,16);1H3,(H,2,3,4). The summed E-state index contributed by atoms with van der Waals surface area (Å²) in [5, 5.41) is 1.51. The van der Waals surface area contributed by atoms with E-state index in [1.165, 1.54) is 11.3 Å². The van der Waals surface area contributed by atoms with Crippen molar-refractivity contribution < 1.29 is 17.8 Å². The zero-order chi connectivity index (χ0) is 17.1. The van der Waals surface area contributed by atoms with Crippen LogP contribution in [0.2, 0.25) is 5.02 Å². The lowest BCUT2D eigenvalue weighted by Gasteiger charge is -1.96. The van der Waals surface area contributed by atoms with Crippen LogP contribution in [0.4, 0.5) is 0 Å². The summed E-state index contributed by atoms with van der Waals surface area (Å²) in [6, 6.07) is 5.55. The van der Waals surface area contributed by atoms with E-state index >= 15 is 0 Å². The molecule has 2 aromatic rings. The van der Waals surface area contributed by atoms with Gasteiger partial charge in [-0.05, 0) is 24.6 Å².